The van der Waals surface area contributed by atoms with Crippen LogP contribution in [0.3, 0.4) is 0 Å². The standard InChI is InChI=1S/C16H21NO4S/c18-22(19,14-7-15-5-2-1-3-6-15)17-10-8-16(9-11-17)20-12-4-13-21-16/h1-3,5-7,14H,4,8-13H2/b14-7+. The molecule has 0 N–H and O–H groups in total. The van der Waals surface area contributed by atoms with Crippen molar-refractivity contribution in [3.8, 4) is 0 Å². The first kappa shape index (κ1) is 15.7. The minimum Gasteiger partial charge on any atom is -0.350 e. The highest BCUT2D eigenvalue weighted by Crippen LogP contribution is 2.31. The molecule has 2 heterocycles. The summed E-state index contributed by atoms with van der Waals surface area (Å²) in [6.45, 7) is 2.25. The highest BCUT2D eigenvalue weighted by Gasteiger charge is 2.40. The number of nitrogens with zero attached hydrogens (tertiary/aromatic N) is 1. The molecule has 1 aromatic carbocycles. The lowest BCUT2D eigenvalue weighted by Crippen LogP contribution is -2.51. The molecular weight excluding hydrogens is 302 g/mol. The molecule has 0 atom stereocenters. The third kappa shape index (κ3) is 3.57. The van der Waals surface area contributed by atoms with Crippen molar-refractivity contribution >= 4 is 16.1 Å². The van der Waals surface area contributed by atoms with Crippen LogP contribution in [0, 0.1) is 0 Å². The van der Waals surface area contributed by atoms with Gasteiger partial charge in [0.1, 0.15) is 0 Å². The average molecular weight is 323 g/mol. The van der Waals surface area contributed by atoms with E-state index in [1.54, 1.807) is 6.08 Å². The van der Waals surface area contributed by atoms with Gasteiger partial charge < -0.3 is 9.47 Å². The summed E-state index contributed by atoms with van der Waals surface area (Å²) in [4.78, 5) is 0. The van der Waals surface area contributed by atoms with Gasteiger partial charge in [-0.25, -0.2) is 8.42 Å². The predicted octanol–water partition coefficient (Wildman–Crippen LogP) is 2.22. The molecule has 0 amide bonds. The van der Waals surface area contributed by atoms with Crippen LogP contribution in [0.4, 0.5) is 0 Å². The topological polar surface area (TPSA) is 55.8 Å². The van der Waals surface area contributed by atoms with E-state index in [2.05, 4.69) is 0 Å². The lowest BCUT2D eigenvalue weighted by molar-refractivity contribution is -0.280. The Labute approximate surface area is 131 Å². The van der Waals surface area contributed by atoms with Crippen molar-refractivity contribution in [2.24, 2.45) is 0 Å². The van der Waals surface area contributed by atoms with Crippen molar-refractivity contribution < 1.29 is 17.9 Å². The van der Waals surface area contributed by atoms with Crippen molar-refractivity contribution in [3.05, 3.63) is 41.3 Å². The Hall–Kier alpha value is -1.21. The molecule has 1 aromatic rings. The number of ether oxygens (including phenoxy) is 2. The summed E-state index contributed by atoms with van der Waals surface area (Å²) in [5.41, 5.74) is 0.874. The van der Waals surface area contributed by atoms with Crippen LogP contribution in [0.25, 0.3) is 6.08 Å². The third-order valence-corrected chi connectivity index (χ3v) is 5.66. The van der Waals surface area contributed by atoms with Crippen LogP contribution >= 0.6 is 0 Å². The van der Waals surface area contributed by atoms with E-state index in [1.165, 1.54) is 9.71 Å². The number of hydrogen-bond acceptors (Lipinski definition) is 4. The first-order chi connectivity index (χ1) is 10.6. The molecule has 22 heavy (non-hydrogen) atoms. The summed E-state index contributed by atoms with van der Waals surface area (Å²) in [6, 6.07) is 9.42. The maximum absolute atomic E-state index is 12.4. The molecule has 2 fully saturated rings. The first-order valence-electron chi connectivity index (χ1n) is 7.61. The van der Waals surface area contributed by atoms with Crippen LogP contribution in [0.1, 0.15) is 24.8 Å². The van der Waals surface area contributed by atoms with Crippen molar-refractivity contribution in [1.29, 1.82) is 0 Å². The van der Waals surface area contributed by atoms with E-state index >= 15 is 0 Å². The largest absolute Gasteiger partial charge is 0.350 e. The van der Waals surface area contributed by atoms with E-state index in [4.69, 9.17) is 9.47 Å². The molecule has 0 aromatic heterocycles. The second-order valence-electron chi connectivity index (χ2n) is 5.62. The fraction of sp³-hybridized carbons (Fsp3) is 0.500. The van der Waals surface area contributed by atoms with Gasteiger partial charge in [-0.05, 0) is 18.1 Å². The van der Waals surface area contributed by atoms with Crippen LogP contribution < -0.4 is 0 Å². The third-order valence-electron chi connectivity index (χ3n) is 4.10. The molecule has 5 nitrogen and oxygen atoms in total. The van der Waals surface area contributed by atoms with E-state index in [1.807, 2.05) is 30.3 Å². The lowest BCUT2D eigenvalue weighted by atomic mass is 10.0. The molecule has 120 valence electrons. The zero-order valence-electron chi connectivity index (χ0n) is 12.5. The number of rotatable bonds is 3. The highest BCUT2D eigenvalue weighted by molar-refractivity contribution is 7.92. The molecule has 0 radical (unpaired) electrons. The Kier molecular flexibility index (Phi) is 4.63. The highest BCUT2D eigenvalue weighted by atomic mass is 32.2. The fourth-order valence-electron chi connectivity index (χ4n) is 2.80. The predicted molar refractivity (Wildman–Crippen MR) is 84.5 cm³/mol. The summed E-state index contributed by atoms with van der Waals surface area (Å²) in [7, 11) is -3.40. The average Bonchev–Trinajstić information content (AvgIpc) is 2.55. The van der Waals surface area contributed by atoms with Crippen LogP contribution in [0.15, 0.2) is 35.7 Å². The van der Waals surface area contributed by atoms with E-state index in [0.717, 1.165) is 12.0 Å². The van der Waals surface area contributed by atoms with Gasteiger partial charge in [-0.1, -0.05) is 30.3 Å². The van der Waals surface area contributed by atoms with Gasteiger partial charge in [0.25, 0.3) is 0 Å². The number of hydrogen-bond donors (Lipinski definition) is 0. The van der Waals surface area contributed by atoms with Crippen LogP contribution in [0.2, 0.25) is 0 Å². The molecule has 6 heteroatoms. The van der Waals surface area contributed by atoms with Gasteiger partial charge in [-0.3, -0.25) is 0 Å². The Morgan fingerprint density at radius 2 is 1.68 bits per heavy atom. The Morgan fingerprint density at radius 3 is 2.32 bits per heavy atom. The first-order valence-corrected chi connectivity index (χ1v) is 9.11. The van der Waals surface area contributed by atoms with Crippen molar-refractivity contribution in [1.82, 2.24) is 4.31 Å². The monoisotopic (exact) mass is 323 g/mol. The van der Waals surface area contributed by atoms with Gasteiger partial charge in [0.05, 0.1) is 13.2 Å². The normalized spacial score (nSPS) is 23.1. The quantitative estimate of drug-likeness (QED) is 0.856. The van der Waals surface area contributed by atoms with Gasteiger partial charge in [0, 0.05) is 31.3 Å². The minimum absolute atomic E-state index is 0.432. The van der Waals surface area contributed by atoms with E-state index in [-0.39, 0.29) is 0 Å². The van der Waals surface area contributed by atoms with Crippen LogP contribution in [-0.4, -0.2) is 44.8 Å². The van der Waals surface area contributed by atoms with Crippen molar-refractivity contribution in [3.63, 3.8) is 0 Å². The molecule has 3 rings (SSSR count). The van der Waals surface area contributed by atoms with Crippen LogP contribution in [0.5, 0.6) is 0 Å². The minimum atomic E-state index is -3.40. The fourth-order valence-corrected chi connectivity index (χ4v) is 3.99. The number of benzene rings is 1. The van der Waals surface area contributed by atoms with Crippen molar-refractivity contribution in [2.45, 2.75) is 25.0 Å². The molecule has 1 spiro atoms. The molecule has 0 saturated carbocycles. The maximum atomic E-state index is 12.4. The summed E-state index contributed by atoms with van der Waals surface area (Å²) in [6.07, 6.45) is 3.72. The summed E-state index contributed by atoms with van der Waals surface area (Å²) < 4.78 is 37.7. The van der Waals surface area contributed by atoms with E-state index in [9.17, 15) is 8.42 Å². The van der Waals surface area contributed by atoms with Gasteiger partial charge in [-0.15, -0.1) is 0 Å². The zero-order chi connectivity index (χ0) is 15.5. The summed E-state index contributed by atoms with van der Waals surface area (Å²) in [5, 5.41) is 1.28. The van der Waals surface area contributed by atoms with Gasteiger partial charge in [0.2, 0.25) is 10.0 Å². The van der Waals surface area contributed by atoms with Gasteiger partial charge in [0.15, 0.2) is 5.79 Å². The smallest absolute Gasteiger partial charge is 0.236 e. The molecule has 2 saturated heterocycles. The molecule has 0 unspecified atom stereocenters. The summed E-state index contributed by atoms with van der Waals surface area (Å²) in [5.74, 6) is -0.562. The lowest BCUT2D eigenvalue weighted by Gasteiger charge is -2.42. The second kappa shape index (κ2) is 6.50. The molecular formula is C16H21NO4S. The maximum Gasteiger partial charge on any atom is 0.236 e. The van der Waals surface area contributed by atoms with E-state index < -0.39 is 15.8 Å². The molecule has 0 bridgehead atoms. The zero-order valence-corrected chi connectivity index (χ0v) is 13.3. The summed E-state index contributed by atoms with van der Waals surface area (Å²) >= 11 is 0. The SMILES string of the molecule is O=S(=O)(/C=C/c1ccccc1)N1CCC2(CC1)OCCCO2. The Bertz CT molecular complexity index is 611. The van der Waals surface area contributed by atoms with Crippen LogP contribution in [-0.2, 0) is 19.5 Å². The molecule has 0 aliphatic carbocycles. The van der Waals surface area contributed by atoms with E-state index in [0.29, 0.717) is 39.1 Å². The second-order valence-corrected chi connectivity index (χ2v) is 7.44. The Morgan fingerprint density at radius 1 is 1.05 bits per heavy atom. The van der Waals surface area contributed by atoms with Gasteiger partial charge in [-0.2, -0.15) is 4.31 Å². The number of piperidine rings is 1. The van der Waals surface area contributed by atoms with Gasteiger partial charge >= 0.3 is 0 Å². The Balaban J connectivity index is 1.63. The molecule has 2 aliphatic heterocycles. The van der Waals surface area contributed by atoms with Crippen molar-refractivity contribution in [2.75, 3.05) is 26.3 Å². The number of sulfonamides is 1. The molecule has 2 aliphatic rings.